The molecule has 5 heteroatoms. The number of hydrogen-bond donors (Lipinski definition) is 2. The summed E-state index contributed by atoms with van der Waals surface area (Å²) in [6, 6.07) is 2.59. The van der Waals surface area contributed by atoms with Crippen LogP contribution in [0.5, 0.6) is 0 Å². The van der Waals surface area contributed by atoms with Gasteiger partial charge in [-0.1, -0.05) is 13.8 Å². The normalized spacial score (nSPS) is 16.6. The zero-order valence-corrected chi connectivity index (χ0v) is 12.9. The van der Waals surface area contributed by atoms with Gasteiger partial charge in [-0.3, -0.25) is 0 Å². The summed E-state index contributed by atoms with van der Waals surface area (Å²) in [5, 5.41) is 6.86. The van der Waals surface area contributed by atoms with Crippen LogP contribution >= 0.6 is 11.8 Å². The Morgan fingerprint density at radius 2 is 1.95 bits per heavy atom. The Kier molecular flexibility index (Phi) is 5.31. The molecule has 0 radical (unpaired) electrons. The van der Waals surface area contributed by atoms with Crippen LogP contribution in [0.4, 0.5) is 11.6 Å². The minimum atomic E-state index is 0.348. The number of rotatable bonds is 5. The first kappa shape index (κ1) is 14.4. The van der Waals surface area contributed by atoms with Gasteiger partial charge in [0.15, 0.2) is 0 Å². The van der Waals surface area contributed by atoms with Crippen molar-refractivity contribution >= 4 is 23.4 Å². The van der Waals surface area contributed by atoms with Gasteiger partial charge in [-0.05, 0) is 31.3 Å². The fourth-order valence-corrected chi connectivity index (χ4v) is 3.23. The molecule has 2 N–H and O–H groups in total. The molecule has 0 bridgehead atoms. The van der Waals surface area contributed by atoms with Crippen LogP contribution in [0.2, 0.25) is 0 Å². The van der Waals surface area contributed by atoms with Crippen LogP contribution in [0.1, 0.15) is 45.4 Å². The standard InChI is InChI=1S/C14H24N4S/c1-4-15-12-9-13(18-14(17-12)10(2)3)16-11-5-7-19-8-6-11/h9-11H,4-8H2,1-3H3,(H2,15,16,17,18). The summed E-state index contributed by atoms with van der Waals surface area (Å²) in [6.07, 6.45) is 2.45. The van der Waals surface area contributed by atoms with Gasteiger partial charge < -0.3 is 10.6 Å². The van der Waals surface area contributed by atoms with E-state index in [9.17, 15) is 0 Å². The van der Waals surface area contributed by atoms with E-state index in [-0.39, 0.29) is 0 Å². The Bertz CT molecular complexity index is 402. The monoisotopic (exact) mass is 280 g/mol. The molecule has 2 rings (SSSR count). The first-order valence-electron chi connectivity index (χ1n) is 7.16. The first-order chi connectivity index (χ1) is 9.19. The number of hydrogen-bond acceptors (Lipinski definition) is 5. The lowest BCUT2D eigenvalue weighted by Gasteiger charge is -2.23. The van der Waals surface area contributed by atoms with Crippen molar-refractivity contribution in [1.29, 1.82) is 0 Å². The molecule has 0 saturated carbocycles. The van der Waals surface area contributed by atoms with Gasteiger partial charge in [-0.25, -0.2) is 9.97 Å². The molecule has 4 nitrogen and oxygen atoms in total. The maximum atomic E-state index is 4.64. The lowest BCUT2D eigenvalue weighted by Crippen LogP contribution is -2.25. The molecular weight excluding hydrogens is 256 g/mol. The van der Waals surface area contributed by atoms with Crippen molar-refractivity contribution < 1.29 is 0 Å². The molecule has 0 spiro atoms. The van der Waals surface area contributed by atoms with Crippen molar-refractivity contribution in [2.45, 2.75) is 45.6 Å². The molecule has 0 aliphatic carbocycles. The third-order valence-corrected chi connectivity index (χ3v) is 4.24. The smallest absolute Gasteiger partial charge is 0.135 e. The van der Waals surface area contributed by atoms with Crippen molar-refractivity contribution in [3.8, 4) is 0 Å². The number of anilines is 2. The van der Waals surface area contributed by atoms with Crippen LogP contribution in [0.3, 0.4) is 0 Å². The number of thioether (sulfide) groups is 1. The second-order valence-electron chi connectivity index (χ2n) is 5.21. The molecule has 0 aromatic carbocycles. The van der Waals surface area contributed by atoms with Crippen molar-refractivity contribution in [3.63, 3.8) is 0 Å². The van der Waals surface area contributed by atoms with Crippen LogP contribution in [0.25, 0.3) is 0 Å². The fraction of sp³-hybridized carbons (Fsp3) is 0.714. The largest absolute Gasteiger partial charge is 0.370 e. The Balaban J connectivity index is 2.12. The van der Waals surface area contributed by atoms with Gasteiger partial charge in [0.25, 0.3) is 0 Å². The molecule has 1 aromatic rings. The molecule has 1 aliphatic heterocycles. The summed E-state index contributed by atoms with van der Waals surface area (Å²) in [5.41, 5.74) is 0. The SMILES string of the molecule is CCNc1cc(NC2CCSCC2)nc(C(C)C)n1. The minimum Gasteiger partial charge on any atom is -0.370 e. The lowest BCUT2D eigenvalue weighted by molar-refractivity contribution is 0.660. The van der Waals surface area contributed by atoms with E-state index >= 15 is 0 Å². The molecule has 0 amide bonds. The Hall–Kier alpha value is -0.970. The zero-order chi connectivity index (χ0) is 13.7. The van der Waals surface area contributed by atoms with E-state index in [4.69, 9.17) is 0 Å². The highest BCUT2D eigenvalue weighted by atomic mass is 32.2. The number of nitrogens with one attached hydrogen (secondary N) is 2. The zero-order valence-electron chi connectivity index (χ0n) is 12.1. The highest BCUT2D eigenvalue weighted by molar-refractivity contribution is 7.99. The maximum absolute atomic E-state index is 4.64. The second-order valence-corrected chi connectivity index (χ2v) is 6.44. The summed E-state index contributed by atoms with van der Waals surface area (Å²) in [5.74, 6) is 5.65. The van der Waals surface area contributed by atoms with Gasteiger partial charge in [0.2, 0.25) is 0 Å². The lowest BCUT2D eigenvalue weighted by atomic mass is 10.1. The highest BCUT2D eigenvalue weighted by Gasteiger charge is 2.15. The minimum absolute atomic E-state index is 0.348. The van der Waals surface area contributed by atoms with Crippen LogP contribution in [0, 0.1) is 0 Å². The van der Waals surface area contributed by atoms with Gasteiger partial charge in [0.05, 0.1) is 0 Å². The number of aromatic nitrogens is 2. The van der Waals surface area contributed by atoms with Crippen molar-refractivity contribution in [2.75, 3.05) is 28.7 Å². The molecular formula is C14H24N4S. The summed E-state index contributed by atoms with van der Waals surface area (Å²) in [4.78, 5) is 9.19. The maximum Gasteiger partial charge on any atom is 0.135 e. The van der Waals surface area contributed by atoms with E-state index < -0.39 is 0 Å². The van der Waals surface area contributed by atoms with Gasteiger partial charge in [-0.15, -0.1) is 0 Å². The van der Waals surface area contributed by atoms with Gasteiger partial charge in [0.1, 0.15) is 17.5 Å². The van der Waals surface area contributed by atoms with Crippen LogP contribution in [-0.4, -0.2) is 34.1 Å². The van der Waals surface area contributed by atoms with E-state index in [1.165, 1.54) is 24.3 Å². The van der Waals surface area contributed by atoms with Crippen molar-refractivity contribution in [2.24, 2.45) is 0 Å². The van der Waals surface area contributed by atoms with Crippen LogP contribution < -0.4 is 10.6 Å². The third kappa shape index (κ3) is 4.27. The van der Waals surface area contributed by atoms with Gasteiger partial charge >= 0.3 is 0 Å². The highest BCUT2D eigenvalue weighted by Crippen LogP contribution is 2.22. The predicted octanol–water partition coefficient (Wildman–Crippen LogP) is 3.34. The third-order valence-electron chi connectivity index (χ3n) is 3.19. The molecule has 1 aliphatic rings. The van der Waals surface area contributed by atoms with E-state index in [0.29, 0.717) is 12.0 Å². The first-order valence-corrected chi connectivity index (χ1v) is 8.31. The summed E-state index contributed by atoms with van der Waals surface area (Å²) in [7, 11) is 0. The van der Waals surface area contributed by atoms with Crippen molar-refractivity contribution in [3.05, 3.63) is 11.9 Å². The van der Waals surface area contributed by atoms with Gasteiger partial charge in [0, 0.05) is 24.6 Å². The molecule has 106 valence electrons. The molecule has 0 unspecified atom stereocenters. The Labute approximate surface area is 120 Å². The Morgan fingerprint density at radius 3 is 2.58 bits per heavy atom. The predicted molar refractivity (Wildman–Crippen MR) is 84.3 cm³/mol. The average Bonchev–Trinajstić information content (AvgIpc) is 2.40. The summed E-state index contributed by atoms with van der Waals surface area (Å²) < 4.78 is 0. The molecule has 1 saturated heterocycles. The molecule has 1 fully saturated rings. The van der Waals surface area contributed by atoms with E-state index in [1.54, 1.807) is 0 Å². The van der Waals surface area contributed by atoms with E-state index in [1.807, 2.05) is 17.8 Å². The average molecular weight is 280 g/mol. The quantitative estimate of drug-likeness (QED) is 0.866. The summed E-state index contributed by atoms with van der Waals surface area (Å²) >= 11 is 2.04. The van der Waals surface area contributed by atoms with Crippen LogP contribution in [-0.2, 0) is 0 Å². The molecule has 19 heavy (non-hydrogen) atoms. The summed E-state index contributed by atoms with van der Waals surface area (Å²) in [6.45, 7) is 7.23. The number of nitrogens with zero attached hydrogens (tertiary/aromatic N) is 2. The second kappa shape index (κ2) is 6.98. The molecule has 0 atom stereocenters. The van der Waals surface area contributed by atoms with Crippen LogP contribution in [0.15, 0.2) is 6.07 Å². The van der Waals surface area contributed by atoms with Gasteiger partial charge in [-0.2, -0.15) is 11.8 Å². The Morgan fingerprint density at radius 1 is 1.26 bits per heavy atom. The molecule has 1 aromatic heterocycles. The topological polar surface area (TPSA) is 49.8 Å². The van der Waals surface area contributed by atoms with E-state index in [0.717, 1.165) is 24.0 Å². The van der Waals surface area contributed by atoms with E-state index in [2.05, 4.69) is 41.4 Å². The fourth-order valence-electron chi connectivity index (χ4n) is 2.12. The molecule has 2 heterocycles. The van der Waals surface area contributed by atoms with Crippen molar-refractivity contribution in [1.82, 2.24) is 9.97 Å².